The second-order valence-electron chi connectivity index (χ2n) is 3.76. The first-order chi connectivity index (χ1) is 7.58. The Labute approximate surface area is 112 Å². The third-order valence-corrected chi connectivity index (χ3v) is 4.79. The van der Waals surface area contributed by atoms with Gasteiger partial charge < -0.3 is 5.32 Å². The molecular formula is C10H15Br2N3O. The van der Waals surface area contributed by atoms with Crippen LogP contribution >= 0.6 is 31.9 Å². The molecular weight excluding hydrogens is 338 g/mol. The van der Waals surface area contributed by atoms with E-state index in [1.807, 2.05) is 13.8 Å². The predicted molar refractivity (Wildman–Crippen MR) is 71.4 cm³/mol. The Morgan fingerprint density at radius 2 is 2.19 bits per heavy atom. The molecule has 1 aromatic heterocycles. The number of nitrogens with one attached hydrogen (secondary N) is 2. The van der Waals surface area contributed by atoms with Gasteiger partial charge in [0.25, 0.3) is 5.91 Å². The molecule has 0 aliphatic rings. The van der Waals surface area contributed by atoms with E-state index in [1.54, 1.807) is 6.20 Å². The second-order valence-corrected chi connectivity index (χ2v) is 4.89. The number of H-pyrrole nitrogens is 1. The molecule has 6 heteroatoms. The molecule has 16 heavy (non-hydrogen) atoms. The van der Waals surface area contributed by atoms with Gasteiger partial charge in [-0.05, 0) is 13.3 Å². The number of hydrogen-bond donors (Lipinski definition) is 2. The predicted octanol–water partition coefficient (Wildman–Crippen LogP) is 2.39. The molecule has 0 bridgehead atoms. The lowest BCUT2D eigenvalue weighted by Gasteiger charge is -2.29. The molecule has 1 aromatic rings. The van der Waals surface area contributed by atoms with Crippen molar-refractivity contribution in [3.63, 3.8) is 0 Å². The van der Waals surface area contributed by atoms with E-state index >= 15 is 0 Å². The van der Waals surface area contributed by atoms with Crippen molar-refractivity contribution in [2.45, 2.75) is 25.8 Å². The molecule has 1 heterocycles. The van der Waals surface area contributed by atoms with Crippen LogP contribution in [0.15, 0.2) is 6.20 Å². The molecule has 0 spiro atoms. The Bertz CT molecular complexity index is 352. The van der Waals surface area contributed by atoms with Gasteiger partial charge in [-0.25, -0.2) is 0 Å². The zero-order chi connectivity index (χ0) is 12.2. The Balaban J connectivity index is 2.81. The van der Waals surface area contributed by atoms with Gasteiger partial charge in [-0.2, -0.15) is 5.10 Å². The van der Waals surface area contributed by atoms with Gasteiger partial charge in [0.15, 0.2) is 0 Å². The van der Waals surface area contributed by atoms with Crippen LogP contribution in [0.3, 0.4) is 0 Å². The van der Waals surface area contributed by atoms with Gasteiger partial charge in [0.1, 0.15) is 0 Å². The Kier molecular flexibility index (Phi) is 4.98. The van der Waals surface area contributed by atoms with E-state index in [1.165, 1.54) is 0 Å². The maximum absolute atomic E-state index is 12.0. The van der Waals surface area contributed by atoms with E-state index < -0.39 is 0 Å². The van der Waals surface area contributed by atoms with Crippen molar-refractivity contribution in [1.82, 2.24) is 15.5 Å². The molecule has 0 radical (unpaired) electrons. The highest BCUT2D eigenvalue weighted by atomic mass is 79.9. The first-order valence-electron chi connectivity index (χ1n) is 5.03. The van der Waals surface area contributed by atoms with Crippen LogP contribution in [0.4, 0.5) is 0 Å². The molecule has 1 rings (SSSR count). The second kappa shape index (κ2) is 5.82. The summed E-state index contributed by atoms with van der Waals surface area (Å²) in [6.45, 7) is 3.88. The lowest BCUT2D eigenvalue weighted by molar-refractivity contribution is 0.0915. The third kappa shape index (κ3) is 2.85. The van der Waals surface area contributed by atoms with Gasteiger partial charge in [0.2, 0.25) is 0 Å². The largest absolute Gasteiger partial charge is 0.345 e. The number of aryl methyl sites for hydroxylation is 1. The third-order valence-electron chi connectivity index (χ3n) is 2.64. The summed E-state index contributed by atoms with van der Waals surface area (Å²) < 4.78 is 0. The highest BCUT2D eigenvalue weighted by Crippen LogP contribution is 2.18. The molecule has 0 fully saturated rings. The summed E-state index contributed by atoms with van der Waals surface area (Å²) in [5, 5.41) is 11.1. The standard InChI is InChI=1S/C10H15Br2N3O/c1-3-10(5-11,6-12)14-9(16)8-4-13-15-7(8)2/h4H,3,5-6H2,1-2H3,(H,13,15)(H,14,16). The van der Waals surface area contributed by atoms with Gasteiger partial charge in [-0.1, -0.05) is 38.8 Å². The highest BCUT2D eigenvalue weighted by molar-refractivity contribution is 9.09. The van der Waals surface area contributed by atoms with Crippen LogP contribution in [0, 0.1) is 6.92 Å². The molecule has 0 saturated carbocycles. The van der Waals surface area contributed by atoms with Crippen molar-refractivity contribution in [2.75, 3.05) is 10.7 Å². The van der Waals surface area contributed by atoms with Crippen molar-refractivity contribution in [1.29, 1.82) is 0 Å². The smallest absolute Gasteiger partial charge is 0.255 e. The SMILES string of the molecule is CCC(CBr)(CBr)NC(=O)c1cn[nH]c1C. The van der Waals surface area contributed by atoms with Crippen LogP contribution in [-0.4, -0.2) is 32.3 Å². The quantitative estimate of drug-likeness (QED) is 0.799. The van der Waals surface area contributed by atoms with Crippen LogP contribution in [0.25, 0.3) is 0 Å². The van der Waals surface area contributed by atoms with Crippen molar-refractivity contribution in [2.24, 2.45) is 0 Å². The van der Waals surface area contributed by atoms with Gasteiger partial charge in [-0.3, -0.25) is 9.89 Å². The fourth-order valence-electron chi connectivity index (χ4n) is 1.27. The number of alkyl halides is 2. The van der Waals surface area contributed by atoms with Crippen molar-refractivity contribution >= 4 is 37.8 Å². The topological polar surface area (TPSA) is 57.8 Å². The molecule has 0 atom stereocenters. The Hall–Kier alpha value is -0.360. The molecule has 0 aromatic carbocycles. The van der Waals surface area contributed by atoms with Crippen LogP contribution < -0.4 is 5.32 Å². The monoisotopic (exact) mass is 351 g/mol. The van der Waals surface area contributed by atoms with Crippen LogP contribution in [0.2, 0.25) is 0 Å². The molecule has 4 nitrogen and oxygen atoms in total. The number of aromatic nitrogens is 2. The average molecular weight is 353 g/mol. The minimum Gasteiger partial charge on any atom is -0.345 e. The van der Waals surface area contributed by atoms with E-state index in [0.29, 0.717) is 16.2 Å². The number of aromatic amines is 1. The molecule has 0 saturated heterocycles. The van der Waals surface area contributed by atoms with E-state index in [-0.39, 0.29) is 11.4 Å². The lowest BCUT2D eigenvalue weighted by atomic mass is 10.0. The summed E-state index contributed by atoms with van der Waals surface area (Å²) in [4.78, 5) is 12.0. The van der Waals surface area contributed by atoms with Gasteiger partial charge >= 0.3 is 0 Å². The van der Waals surface area contributed by atoms with Crippen molar-refractivity contribution < 1.29 is 4.79 Å². The summed E-state index contributed by atoms with van der Waals surface area (Å²) in [5.74, 6) is -0.0907. The van der Waals surface area contributed by atoms with E-state index in [0.717, 1.165) is 12.1 Å². The minimum absolute atomic E-state index is 0.0907. The number of halogens is 2. The van der Waals surface area contributed by atoms with Crippen LogP contribution in [0.1, 0.15) is 29.4 Å². The maximum atomic E-state index is 12.0. The molecule has 90 valence electrons. The highest BCUT2D eigenvalue weighted by Gasteiger charge is 2.28. The fraction of sp³-hybridized carbons (Fsp3) is 0.600. The number of rotatable bonds is 5. The van der Waals surface area contributed by atoms with Crippen LogP contribution in [0.5, 0.6) is 0 Å². The van der Waals surface area contributed by atoms with Gasteiger partial charge in [0.05, 0.1) is 17.3 Å². The number of amides is 1. The summed E-state index contributed by atoms with van der Waals surface area (Å²) in [7, 11) is 0. The number of nitrogens with zero attached hydrogens (tertiary/aromatic N) is 1. The zero-order valence-corrected chi connectivity index (χ0v) is 12.5. The van der Waals surface area contributed by atoms with Crippen LogP contribution in [-0.2, 0) is 0 Å². The number of carbonyl (C=O) groups is 1. The van der Waals surface area contributed by atoms with Gasteiger partial charge in [-0.15, -0.1) is 0 Å². The molecule has 0 unspecified atom stereocenters. The fourth-order valence-corrected chi connectivity index (χ4v) is 3.27. The first-order valence-corrected chi connectivity index (χ1v) is 7.27. The van der Waals surface area contributed by atoms with Crippen molar-refractivity contribution in [3.05, 3.63) is 17.5 Å². The molecule has 2 N–H and O–H groups in total. The number of hydrogen-bond acceptors (Lipinski definition) is 2. The summed E-state index contributed by atoms with van der Waals surface area (Å²) in [6.07, 6.45) is 2.40. The molecule has 0 aliphatic heterocycles. The van der Waals surface area contributed by atoms with E-state index in [4.69, 9.17) is 0 Å². The summed E-state index contributed by atoms with van der Waals surface area (Å²) >= 11 is 6.87. The maximum Gasteiger partial charge on any atom is 0.255 e. The summed E-state index contributed by atoms with van der Waals surface area (Å²) in [6, 6.07) is 0. The number of carbonyl (C=O) groups excluding carboxylic acids is 1. The molecule has 1 amide bonds. The normalized spacial score (nSPS) is 11.5. The zero-order valence-electron chi connectivity index (χ0n) is 9.31. The average Bonchev–Trinajstić information content (AvgIpc) is 2.72. The minimum atomic E-state index is -0.249. The molecule has 0 aliphatic carbocycles. The van der Waals surface area contributed by atoms with E-state index in [2.05, 4.69) is 47.4 Å². The Morgan fingerprint density at radius 1 is 1.56 bits per heavy atom. The van der Waals surface area contributed by atoms with Gasteiger partial charge in [0, 0.05) is 16.4 Å². The lowest BCUT2D eigenvalue weighted by Crippen LogP contribution is -2.51. The Morgan fingerprint density at radius 3 is 2.56 bits per heavy atom. The first kappa shape index (κ1) is 13.7. The van der Waals surface area contributed by atoms with Crippen molar-refractivity contribution in [3.8, 4) is 0 Å². The summed E-state index contributed by atoms with van der Waals surface area (Å²) in [5.41, 5.74) is 1.13. The van der Waals surface area contributed by atoms with E-state index in [9.17, 15) is 4.79 Å².